The molecular formula is C10H12FNS. The molecule has 1 aromatic heterocycles. The SMILES string of the molecule is Cc1nc(C=CCCS)ccc1F. The highest BCUT2D eigenvalue weighted by Crippen LogP contribution is 2.06. The van der Waals surface area contributed by atoms with Crippen LogP contribution in [0.25, 0.3) is 6.08 Å². The molecule has 0 aromatic carbocycles. The van der Waals surface area contributed by atoms with Crippen LogP contribution in [0.5, 0.6) is 0 Å². The summed E-state index contributed by atoms with van der Waals surface area (Å²) in [6, 6.07) is 3.10. The summed E-state index contributed by atoms with van der Waals surface area (Å²) < 4.78 is 12.8. The van der Waals surface area contributed by atoms with Crippen molar-refractivity contribution in [1.29, 1.82) is 0 Å². The molecule has 1 aromatic rings. The van der Waals surface area contributed by atoms with Crippen LogP contribution in [0.15, 0.2) is 18.2 Å². The third kappa shape index (κ3) is 3.19. The molecule has 0 aliphatic heterocycles. The number of allylic oxidation sites excluding steroid dienone is 1. The summed E-state index contributed by atoms with van der Waals surface area (Å²) in [6.45, 7) is 1.66. The van der Waals surface area contributed by atoms with Gasteiger partial charge in [-0.3, -0.25) is 4.98 Å². The van der Waals surface area contributed by atoms with E-state index in [4.69, 9.17) is 0 Å². The number of rotatable bonds is 3. The lowest BCUT2D eigenvalue weighted by molar-refractivity contribution is 0.609. The molecule has 0 saturated carbocycles. The van der Waals surface area contributed by atoms with Gasteiger partial charge in [-0.15, -0.1) is 0 Å². The largest absolute Gasteiger partial charge is 0.251 e. The number of pyridine rings is 1. The molecule has 3 heteroatoms. The van der Waals surface area contributed by atoms with E-state index in [-0.39, 0.29) is 5.82 Å². The fourth-order valence-corrected chi connectivity index (χ4v) is 1.08. The molecule has 0 aliphatic rings. The van der Waals surface area contributed by atoms with Crippen LogP contribution in [0.4, 0.5) is 4.39 Å². The monoisotopic (exact) mass is 197 g/mol. The van der Waals surface area contributed by atoms with Crippen LogP contribution in [-0.4, -0.2) is 10.7 Å². The molecule has 0 saturated heterocycles. The molecule has 13 heavy (non-hydrogen) atoms. The van der Waals surface area contributed by atoms with Crippen LogP contribution in [0.2, 0.25) is 0 Å². The molecule has 0 fully saturated rings. The van der Waals surface area contributed by atoms with Crippen LogP contribution in [0.1, 0.15) is 17.8 Å². The Hall–Kier alpha value is -0.830. The maximum Gasteiger partial charge on any atom is 0.144 e. The normalized spacial score (nSPS) is 11.0. The minimum absolute atomic E-state index is 0.258. The first kappa shape index (κ1) is 10.3. The van der Waals surface area contributed by atoms with Gasteiger partial charge in [0, 0.05) is 0 Å². The number of halogens is 1. The Morgan fingerprint density at radius 3 is 2.92 bits per heavy atom. The number of aryl methyl sites for hydroxylation is 1. The number of hydrogen-bond donors (Lipinski definition) is 1. The van der Waals surface area contributed by atoms with Crippen LogP contribution in [0.3, 0.4) is 0 Å². The molecule has 1 rings (SSSR count). The van der Waals surface area contributed by atoms with Crippen molar-refractivity contribution in [3.63, 3.8) is 0 Å². The fourth-order valence-electron chi connectivity index (χ4n) is 0.935. The zero-order valence-corrected chi connectivity index (χ0v) is 8.39. The van der Waals surface area contributed by atoms with Crippen molar-refractivity contribution in [1.82, 2.24) is 4.98 Å². The molecule has 0 N–H and O–H groups in total. The predicted molar refractivity (Wildman–Crippen MR) is 56.4 cm³/mol. The Balaban J connectivity index is 2.73. The Bertz CT molecular complexity index is 310. The van der Waals surface area contributed by atoms with Crippen molar-refractivity contribution in [3.8, 4) is 0 Å². The van der Waals surface area contributed by atoms with Gasteiger partial charge in [0.15, 0.2) is 0 Å². The lowest BCUT2D eigenvalue weighted by atomic mass is 10.2. The predicted octanol–water partition coefficient (Wildman–Crippen LogP) is 2.86. The van der Waals surface area contributed by atoms with Crippen LogP contribution in [-0.2, 0) is 0 Å². The molecule has 0 bridgehead atoms. The third-order valence-corrected chi connectivity index (χ3v) is 1.89. The van der Waals surface area contributed by atoms with Gasteiger partial charge in [-0.2, -0.15) is 12.6 Å². The lowest BCUT2D eigenvalue weighted by Gasteiger charge is -1.96. The Kier molecular flexibility index (Phi) is 3.96. The van der Waals surface area contributed by atoms with Gasteiger partial charge >= 0.3 is 0 Å². The number of hydrogen-bond acceptors (Lipinski definition) is 2. The Morgan fingerprint density at radius 2 is 2.31 bits per heavy atom. The molecule has 0 spiro atoms. The first-order valence-corrected chi connectivity index (χ1v) is 4.78. The van der Waals surface area contributed by atoms with E-state index < -0.39 is 0 Å². The molecule has 0 amide bonds. The van der Waals surface area contributed by atoms with Gasteiger partial charge in [0.25, 0.3) is 0 Å². The van der Waals surface area contributed by atoms with E-state index in [0.717, 1.165) is 17.9 Å². The molecule has 70 valence electrons. The van der Waals surface area contributed by atoms with Gasteiger partial charge < -0.3 is 0 Å². The lowest BCUT2D eigenvalue weighted by Crippen LogP contribution is -1.89. The zero-order valence-electron chi connectivity index (χ0n) is 7.50. The van der Waals surface area contributed by atoms with Gasteiger partial charge in [-0.1, -0.05) is 6.08 Å². The molecule has 0 radical (unpaired) electrons. The van der Waals surface area contributed by atoms with Gasteiger partial charge in [-0.25, -0.2) is 4.39 Å². The fraction of sp³-hybridized carbons (Fsp3) is 0.300. The molecule has 0 unspecified atom stereocenters. The van der Waals surface area contributed by atoms with Crippen LogP contribution < -0.4 is 0 Å². The summed E-state index contributed by atoms with van der Waals surface area (Å²) in [4.78, 5) is 4.06. The summed E-state index contributed by atoms with van der Waals surface area (Å²) in [5.41, 5.74) is 1.23. The van der Waals surface area contributed by atoms with E-state index in [0.29, 0.717) is 5.69 Å². The van der Waals surface area contributed by atoms with E-state index >= 15 is 0 Å². The van der Waals surface area contributed by atoms with E-state index in [1.54, 1.807) is 13.0 Å². The summed E-state index contributed by atoms with van der Waals surface area (Å²) in [5.74, 6) is 0.558. The summed E-state index contributed by atoms with van der Waals surface area (Å²) in [7, 11) is 0. The Labute approximate surface area is 83.1 Å². The smallest absolute Gasteiger partial charge is 0.144 e. The first-order valence-electron chi connectivity index (χ1n) is 4.14. The zero-order chi connectivity index (χ0) is 9.68. The second-order valence-electron chi connectivity index (χ2n) is 2.72. The molecule has 0 aliphatic carbocycles. The topological polar surface area (TPSA) is 12.9 Å². The number of thiol groups is 1. The van der Waals surface area contributed by atoms with E-state index in [9.17, 15) is 4.39 Å². The second-order valence-corrected chi connectivity index (χ2v) is 3.17. The average Bonchev–Trinajstić information content (AvgIpc) is 2.12. The quantitative estimate of drug-likeness (QED) is 0.735. The average molecular weight is 197 g/mol. The number of aromatic nitrogens is 1. The molecule has 1 nitrogen and oxygen atoms in total. The minimum atomic E-state index is -0.258. The van der Waals surface area contributed by atoms with Gasteiger partial charge in [0.05, 0.1) is 11.4 Å². The molecular weight excluding hydrogens is 185 g/mol. The van der Waals surface area contributed by atoms with Crippen molar-refractivity contribution >= 4 is 18.7 Å². The Morgan fingerprint density at radius 1 is 1.54 bits per heavy atom. The van der Waals surface area contributed by atoms with Crippen molar-refractivity contribution in [3.05, 3.63) is 35.4 Å². The molecule has 0 atom stereocenters. The van der Waals surface area contributed by atoms with Crippen molar-refractivity contribution < 1.29 is 4.39 Å². The van der Waals surface area contributed by atoms with E-state index in [2.05, 4.69) is 17.6 Å². The van der Waals surface area contributed by atoms with E-state index in [1.165, 1.54) is 6.07 Å². The second kappa shape index (κ2) is 5.02. The highest BCUT2D eigenvalue weighted by Gasteiger charge is 1.96. The van der Waals surface area contributed by atoms with Gasteiger partial charge in [-0.05, 0) is 37.3 Å². The van der Waals surface area contributed by atoms with E-state index in [1.807, 2.05) is 12.2 Å². The maximum absolute atomic E-state index is 12.8. The standard InChI is InChI=1S/C10H12FNS/c1-8-10(11)6-5-9(12-8)4-2-3-7-13/h2,4-6,13H,3,7H2,1H3. The maximum atomic E-state index is 12.8. The van der Waals surface area contributed by atoms with Crippen LogP contribution in [0, 0.1) is 12.7 Å². The summed E-state index contributed by atoms with van der Waals surface area (Å²) >= 11 is 4.07. The highest BCUT2D eigenvalue weighted by atomic mass is 32.1. The molecule has 1 heterocycles. The van der Waals surface area contributed by atoms with Gasteiger partial charge in [0.2, 0.25) is 0 Å². The van der Waals surface area contributed by atoms with Crippen molar-refractivity contribution in [2.75, 3.05) is 5.75 Å². The summed E-state index contributed by atoms with van der Waals surface area (Å²) in [5, 5.41) is 0. The number of nitrogens with zero attached hydrogens (tertiary/aromatic N) is 1. The van der Waals surface area contributed by atoms with Crippen molar-refractivity contribution in [2.24, 2.45) is 0 Å². The first-order chi connectivity index (χ1) is 6.24. The third-order valence-electron chi connectivity index (χ3n) is 1.63. The van der Waals surface area contributed by atoms with Crippen LogP contribution >= 0.6 is 12.6 Å². The highest BCUT2D eigenvalue weighted by molar-refractivity contribution is 7.80. The van der Waals surface area contributed by atoms with Gasteiger partial charge in [0.1, 0.15) is 5.82 Å². The van der Waals surface area contributed by atoms with Crippen molar-refractivity contribution in [2.45, 2.75) is 13.3 Å². The summed E-state index contributed by atoms with van der Waals surface area (Å²) in [6.07, 6.45) is 4.76. The minimum Gasteiger partial charge on any atom is -0.251 e.